The minimum Gasteiger partial charge on any atom is -0.421 e. The van der Waals surface area contributed by atoms with Crippen molar-refractivity contribution in [2.45, 2.75) is 32.1 Å². The predicted octanol–water partition coefficient (Wildman–Crippen LogP) is 6.68. The van der Waals surface area contributed by atoms with Crippen molar-refractivity contribution in [3.63, 3.8) is 0 Å². The van der Waals surface area contributed by atoms with Gasteiger partial charge >= 0.3 is 5.63 Å². The highest BCUT2D eigenvalue weighted by molar-refractivity contribution is 9.11. The molecule has 0 N–H and O–H groups in total. The molecule has 1 aliphatic rings. The van der Waals surface area contributed by atoms with E-state index >= 15 is 0 Å². The Kier molecular flexibility index (Phi) is 5.31. The summed E-state index contributed by atoms with van der Waals surface area (Å²) in [4.78, 5) is 17.1. The van der Waals surface area contributed by atoms with E-state index in [-0.39, 0.29) is 0 Å². The fraction of sp³-hybridized carbons (Fsp3) is 0.250. The molecule has 0 radical (unpaired) electrons. The van der Waals surface area contributed by atoms with Crippen molar-refractivity contribution in [3.05, 3.63) is 53.5 Å². The Morgan fingerprint density at radius 2 is 1.96 bits per heavy atom. The lowest BCUT2D eigenvalue weighted by molar-refractivity contribution is 0.561. The molecule has 27 heavy (non-hydrogen) atoms. The van der Waals surface area contributed by atoms with E-state index in [0.717, 1.165) is 35.5 Å². The molecule has 0 aliphatic heterocycles. The molecule has 0 atom stereocenters. The molecule has 136 valence electrons. The van der Waals surface area contributed by atoms with E-state index in [4.69, 9.17) is 4.42 Å². The van der Waals surface area contributed by atoms with Gasteiger partial charge in [0, 0.05) is 15.2 Å². The van der Waals surface area contributed by atoms with E-state index in [0.29, 0.717) is 31.9 Å². The quantitative estimate of drug-likeness (QED) is 0.287. The van der Waals surface area contributed by atoms with E-state index in [1.165, 1.54) is 23.3 Å². The molecule has 0 bridgehead atoms. The number of hydrogen-bond acceptors (Lipinski definition) is 5. The van der Waals surface area contributed by atoms with Gasteiger partial charge in [0.25, 0.3) is 0 Å². The standard InChI is InChI=1S/C20H14Br2N2O2S/c21-13-6-12-7-14(20(25)26-18(12)16(22)8-13)17-10-27-19(24-17)15(9-23)11-4-2-1-3-5-11/h6-8,10H,1-5H2. The highest BCUT2D eigenvalue weighted by Crippen LogP contribution is 2.34. The van der Waals surface area contributed by atoms with E-state index in [2.05, 4.69) is 42.9 Å². The second-order valence-corrected chi connectivity index (χ2v) is 9.07. The number of halogens is 2. The maximum atomic E-state index is 12.5. The van der Waals surface area contributed by atoms with Crippen LogP contribution in [0.15, 0.2) is 47.3 Å². The number of rotatable bonds is 2. The number of hydrogen-bond donors (Lipinski definition) is 0. The topological polar surface area (TPSA) is 66.9 Å². The van der Waals surface area contributed by atoms with Gasteiger partial charge in [0.1, 0.15) is 11.1 Å². The highest BCUT2D eigenvalue weighted by Gasteiger charge is 2.18. The average molecular weight is 506 g/mol. The Hall–Kier alpha value is -1.75. The zero-order valence-corrected chi connectivity index (χ0v) is 18.2. The van der Waals surface area contributed by atoms with Gasteiger partial charge in [0.05, 0.1) is 21.3 Å². The highest BCUT2D eigenvalue weighted by atomic mass is 79.9. The summed E-state index contributed by atoms with van der Waals surface area (Å²) in [7, 11) is 0. The van der Waals surface area contributed by atoms with Crippen LogP contribution in [0, 0.1) is 11.3 Å². The van der Waals surface area contributed by atoms with Gasteiger partial charge in [-0.3, -0.25) is 0 Å². The molecule has 0 unspecified atom stereocenters. The van der Waals surface area contributed by atoms with Gasteiger partial charge in [0.2, 0.25) is 0 Å². The third-order valence-corrected chi connectivity index (χ3v) is 6.57. The molecule has 4 rings (SSSR count). The number of aromatic nitrogens is 1. The summed E-state index contributed by atoms with van der Waals surface area (Å²) in [6.45, 7) is 0. The Morgan fingerprint density at radius 3 is 2.70 bits per heavy atom. The van der Waals surface area contributed by atoms with Gasteiger partial charge < -0.3 is 4.42 Å². The summed E-state index contributed by atoms with van der Waals surface area (Å²) in [5, 5.41) is 12.9. The van der Waals surface area contributed by atoms with Crippen LogP contribution < -0.4 is 5.63 Å². The molecular formula is C20H14Br2N2O2S. The van der Waals surface area contributed by atoms with Gasteiger partial charge in [-0.25, -0.2) is 9.78 Å². The molecule has 2 heterocycles. The lowest BCUT2D eigenvalue weighted by Crippen LogP contribution is -2.03. The molecule has 1 aliphatic carbocycles. The van der Waals surface area contributed by atoms with E-state index in [9.17, 15) is 10.1 Å². The molecule has 0 amide bonds. The van der Waals surface area contributed by atoms with Crippen LogP contribution in [-0.2, 0) is 0 Å². The van der Waals surface area contributed by atoms with Gasteiger partial charge in [0.15, 0.2) is 5.58 Å². The van der Waals surface area contributed by atoms with Crippen molar-refractivity contribution < 1.29 is 4.42 Å². The number of thiazole rings is 1. The molecule has 7 heteroatoms. The zero-order valence-electron chi connectivity index (χ0n) is 14.2. The molecule has 1 fully saturated rings. The van der Waals surface area contributed by atoms with E-state index < -0.39 is 5.63 Å². The number of nitrogens with zero attached hydrogens (tertiary/aromatic N) is 2. The van der Waals surface area contributed by atoms with Crippen LogP contribution in [0.5, 0.6) is 0 Å². The summed E-state index contributed by atoms with van der Waals surface area (Å²) >= 11 is 8.28. The van der Waals surface area contributed by atoms with Gasteiger partial charge in [-0.1, -0.05) is 22.4 Å². The first-order valence-electron chi connectivity index (χ1n) is 8.58. The number of allylic oxidation sites excluding steroid dienone is 2. The molecule has 1 saturated carbocycles. The predicted molar refractivity (Wildman–Crippen MR) is 115 cm³/mol. The first-order valence-corrected chi connectivity index (χ1v) is 11.0. The summed E-state index contributed by atoms with van der Waals surface area (Å²) < 4.78 is 7.10. The van der Waals surface area contributed by atoms with Crippen LogP contribution in [0.4, 0.5) is 0 Å². The van der Waals surface area contributed by atoms with Gasteiger partial charge in [-0.05, 0) is 65.4 Å². The van der Waals surface area contributed by atoms with Crippen molar-refractivity contribution in [1.29, 1.82) is 5.26 Å². The molecule has 2 aromatic heterocycles. The van der Waals surface area contributed by atoms with Crippen LogP contribution in [-0.4, -0.2) is 4.98 Å². The number of nitriles is 1. The Bertz CT molecular complexity index is 1160. The molecule has 4 nitrogen and oxygen atoms in total. The summed E-state index contributed by atoms with van der Waals surface area (Å²) in [5.74, 6) is 0. The van der Waals surface area contributed by atoms with Gasteiger partial charge in [-0.2, -0.15) is 5.26 Å². The fourth-order valence-electron chi connectivity index (χ4n) is 3.35. The summed E-state index contributed by atoms with van der Waals surface area (Å²) in [6, 6.07) is 7.84. The van der Waals surface area contributed by atoms with Crippen molar-refractivity contribution in [2.75, 3.05) is 0 Å². The monoisotopic (exact) mass is 504 g/mol. The van der Waals surface area contributed by atoms with Crippen molar-refractivity contribution in [1.82, 2.24) is 4.98 Å². The van der Waals surface area contributed by atoms with Crippen LogP contribution in [0.2, 0.25) is 0 Å². The maximum Gasteiger partial charge on any atom is 0.345 e. The lowest BCUT2D eigenvalue weighted by atomic mass is 9.91. The van der Waals surface area contributed by atoms with Crippen LogP contribution in [0.25, 0.3) is 27.8 Å². The number of benzene rings is 1. The Balaban J connectivity index is 1.80. The largest absolute Gasteiger partial charge is 0.421 e. The Morgan fingerprint density at radius 1 is 1.19 bits per heavy atom. The smallest absolute Gasteiger partial charge is 0.345 e. The van der Waals surface area contributed by atoms with Crippen molar-refractivity contribution in [3.8, 4) is 17.3 Å². The van der Waals surface area contributed by atoms with Crippen LogP contribution in [0.1, 0.15) is 37.1 Å². The van der Waals surface area contributed by atoms with E-state index in [1.54, 1.807) is 6.07 Å². The number of fused-ring (bicyclic) bond motifs is 1. The van der Waals surface area contributed by atoms with Crippen LogP contribution in [0.3, 0.4) is 0 Å². The average Bonchev–Trinajstić information content (AvgIpc) is 3.13. The Labute approximate surface area is 176 Å². The fourth-order valence-corrected chi connectivity index (χ4v) is 5.56. The van der Waals surface area contributed by atoms with Crippen LogP contribution >= 0.6 is 43.2 Å². The second-order valence-electron chi connectivity index (χ2n) is 6.44. The summed E-state index contributed by atoms with van der Waals surface area (Å²) in [6.07, 6.45) is 5.37. The third kappa shape index (κ3) is 3.66. The maximum absolute atomic E-state index is 12.5. The molecule has 3 aromatic rings. The molecular weight excluding hydrogens is 492 g/mol. The normalized spacial score (nSPS) is 14.3. The lowest BCUT2D eigenvalue weighted by Gasteiger charge is -2.14. The molecule has 0 spiro atoms. The summed E-state index contributed by atoms with van der Waals surface area (Å²) in [5.41, 5.74) is 2.87. The van der Waals surface area contributed by atoms with E-state index in [1.807, 2.05) is 17.5 Å². The van der Waals surface area contributed by atoms with Crippen molar-refractivity contribution >= 4 is 59.7 Å². The third-order valence-electron chi connectivity index (χ3n) is 4.67. The first kappa shape index (κ1) is 18.6. The van der Waals surface area contributed by atoms with Gasteiger partial charge in [-0.15, -0.1) is 11.3 Å². The van der Waals surface area contributed by atoms with Crippen molar-refractivity contribution in [2.24, 2.45) is 0 Å². The molecule has 1 aromatic carbocycles. The minimum atomic E-state index is -0.439. The second kappa shape index (κ2) is 7.70. The first-order chi connectivity index (χ1) is 13.1. The SMILES string of the molecule is N#CC(=C1CCCCC1)c1nc(-c2cc3cc(Br)cc(Br)c3oc2=O)cs1. The zero-order chi connectivity index (χ0) is 19.0. The molecule has 0 saturated heterocycles. The minimum absolute atomic E-state index is 0.404.